The predicted octanol–water partition coefficient (Wildman–Crippen LogP) is 2.67. The Morgan fingerprint density at radius 2 is 1.89 bits per heavy atom. The van der Waals surface area contributed by atoms with Crippen molar-refractivity contribution in [2.24, 2.45) is 0 Å². The molecular formula is C25H26FN7O3. The van der Waals surface area contributed by atoms with Crippen LogP contribution in [0.25, 0.3) is 22.6 Å². The highest BCUT2D eigenvalue weighted by molar-refractivity contribution is 5.72. The van der Waals surface area contributed by atoms with Crippen molar-refractivity contribution in [3.05, 3.63) is 30.5 Å². The van der Waals surface area contributed by atoms with Crippen LogP contribution in [0.3, 0.4) is 0 Å². The van der Waals surface area contributed by atoms with E-state index in [0.717, 1.165) is 32.1 Å². The van der Waals surface area contributed by atoms with Crippen molar-refractivity contribution in [1.29, 1.82) is 0 Å². The fourth-order valence-corrected chi connectivity index (χ4v) is 5.61. The van der Waals surface area contributed by atoms with Crippen LogP contribution in [0.1, 0.15) is 32.1 Å². The third-order valence-corrected chi connectivity index (χ3v) is 7.51. The maximum atomic E-state index is 15.3. The number of hydrogen-bond donors (Lipinski definition) is 2. The normalized spacial score (nSPS) is 26.6. The van der Waals surface area contributed by atoms with Crippen LogP contribution < -0.4 is 19.7 Å². The first-order valence-corrected chi connectivity index (χ1v) is 12.5. The molecule has 0 radical (unpaired) electrons. The van der Waals surface area contributed by atoms with Gasteiger partial charge in [0.15, 0.2) is 17.4 Å². The second kappa shape index (κ2) is 8.51. The van der Waals surface area contributed by atoms with Gasteiger partial charge in [-0.1, -0.05) is 6.07 Å². The summed E-state index contributed by atoms with van der Waals surface area (Å²) in [5.41, 5.74) is 1.66. The van der Waals surface area contributed by atoms with Crippen molar-refractivity contribution in [1.82, 2.24) is 30.7 Å². The van der Waals surface area contributed by atoms with E-state index >= 15 is 4.39 Å². The summed E-state index contributed by atoms with van der Waals surface area (Å²) in [5, 5.41) is 31.1. The number of ether oxygens (including phenoxy) is 2. The molecule has 1 saturated carbocycles. The number of nitrogens with one attached hydrogen (secondary N) is 1. The molecule has 4 atom stereocenters. The number of piperidine rings is 1. The quantitative estimate of drug-likeness (QED) is 0.551. The maximum Gasteiger partial charge on any atom is 0.276 e. The molecule has 2 aromatic heterocycles. The summed E-state index contributed by atoms with van der Waals surface area (Å²) in [6, 6.07) is 7.21. The molecule has 5 heterocycles. The van der Waals surface area contributed by atoms with E-state index in [0.29, 0.717) is 59.3 Å². The number of halogens is 1. The van der Waals surface area contributed by atoms with Gasteiger partial charge >= 0.3 is 0 Å². The Hall–Kier alpha value is -3.60. The van der Waals surface area contributed by atoms with Crippen LogP contribution in [-0.4, -0.2) is 74.0 Å². The molecule has 186 valence electrons. The van der Waals surface area contributed by atoms with E-state index in [9.17, 15) is 5.11 Å². The van der Waals surface area contributed by atoms with Crippen molar-refractivity contribution in [3.63, 3.8) is 0 Å². The lowest BCUT2D eigenvalue weighted by atomic mass is 9.96. The van der Waals surface area contributed by atoms with Gasteiger partial charge in [0.05, 0.1) is 23.5 Å². The number of fused-ring (bicyclic) bond motifs is 3. The Morgan fingerprint density at radius 3 is 2.69 bits per heavy atom. The number of hydrogen-bond acceptors (Lipinski definition) is 10. The smallest absolute Gasteiger partial charge is 0.276 e. The van der Waals surface area contributed by atoms with Crippen molar-refractivity contribution in [2.75, 3.05) is 18.1 Å². The Kier molecular flexibility index (Phi) is 5.12. The lowest BCUT2D eigenvalue weighted by Gasteiger charge is -2.40. The third kappa shape index (κ3) is 3.78. The fraction of sp³-hybridized carbons (Fsp3) is 0.480. The van der Waals surface area contributed by atoms with Gasteiger partial charge in [-0.05, 0) is 44.2 Å². The van der Waals surface area contributed by atoms with Gasteiger partial charge in [0.2, 0.25) is 0 Å². The minimum Gasteiger partial charge on any atom is -0.507 e. The molecule has 10 nitrogen and oxygen atoms in total. The van der Waals surface area contributed by atoms with Crippen molar-refractivity contribution in [2.45, 2.75) is 62.4 Å². The molecule has 2 saturated heterocycles. The van der Waals surface area contributed by atoms with E-state index < -0.39 is 6.17 Å². The van der Waals surface area contributed by atoms with E-state index in [4.69, 9.17) is 9.47 Å². The van der Waals surface area contributed by atoms with Crippen LogP contribution in [0.2, 0.25) is 0 Å². The highest BCUT2D eigenvalue weighted by Crippen LogP contribution is 2.40. The predicted molar refractivity (Wildman–Crippen MR) is 128 cm³/mol. The van der Waals surface area contributed by atoms with Crippen LogP contribution in [0, 0.1) is 0 Å². The summed E-state index contributed by atoms with van der Waals surface area (Å²) >= 11 is 0. The molecule has 0 amide bonds. The van der Waals surface area contributed by atoms with Gasteiger partial charge in [0.25, 0.3) is 5.88 Å². The first-order valence-electron chi connectivity index (χ1n) is 12.5. The number of benzene rings is 1. The number of phenols is 1. The molecular weight excluding hydrogens is 465 g/mol. The summed E-state index contributed by atoms with van der Waals surface area (Å²) < 4.78 is 26.3. The van der Waals surface area contributed by atoms with E-state index in [1.54, 1.807) is 30.5 Å². The monoisotopic (exact) mass is 491 g/mol. The molecule has 3 aliphatic heterocycles. The Balaban J connectivity index is 1.14. The molecule has 7 rings (SSSR count). The van der Waals surface area contributed by atoms with Crippen molar-refractivity contribution >= 4 is 5.82 Å². The molecule has 0 unspecified atom stereocenters. The number of alkyl halides is 1. The van der Waals surface area contributed by atoms with Crippen LogP contribution in [0.4, 0.5) is 10.2 Å². The van der Waals surface area contributed by atoms with Gasteiger partial charge in [-0.3, -0.25) is 0 Å². The first-order chi connectivity index (χ1) is 17.6. The summed E-state index contributed by atoms with van der Waals surface area (Å²) in [5.74, 6) is 1.78. The zero-order valence-corrected chi connectivity index (χ0v) is 19.5. The molecule has 4 aliphatic rings. The average Bonchev–Trinajstić information content (AvgIpc) is 3.66. The van der Waals surface area contributed by atoms with Crippen LogP contribution >= 0.6 is 0 Å². The number of phenolic OH excluding ortho intramolecular Hbond substituents is 1. The van der Waals surface area contributed by atoms with Gasteiger partial charge in [0, 0.05) is 29.8 Å². The summed E-state index contributed by atoms with van der Waals surface area (Å²) in [6.45, 7) is 0.890. The molecule has 0 spiro atoms. The van der Waals surface area contributed by atoms with Gasteiger partial charge in [-0.15, -0.1) is 20.4 Å². The average molecular weight is 492 g/mol. The molecule has 2 bridgehead atoms. The minimum absolute atomic E-state index is 0.00320. The molecule has 2 N–H and O–H groups in total. The Bertz CT molecular complexity index is 1290. The van der Waals surface area contributed by atoms with Gasteiger partial charge in [-0.25, -0.2) is 9.37 Å². The van der Waals surface area contributed by atoms with Gasteiger partial charge in [0.1, 0.15) is 25.1 Å². The third-order valence-electron chi connectivity index (χ3n) is 7.51. The minimum atomic E-state index is -0.939. The maximum absolute atomic E-state index is 15.3. The number of anilines is 1. The highest BCUT2D eigenvalue weighted by Gasteiger charge is 2.48. The first kappa shape index (κ1) is 21.7. The number of aromatic hydroxyl groups is 1. The molecule has 1 aromatic carbocycles. The van der Waals surface area contributed by atoms with Gasteiger partial charge < -0.3 is 24.8 Å². The fourth-order valence-electron chi connectivity index (χ4n) is 5.61. The highest BCUT2D eigenvalue weighted by atomic mass is 19.1. The standard InChI is InChI=1S/C25H26FN7O3/c26-23-17-6-2-14(28-17)10-19(23)33(15-3-4-15)22-12-27-24(31-30-22)16-5-1-13(9-20(16)34)18-11-21-25(32-29-18)36-8-7-35-21/h1,5,9,11-12,14-15,17,19,23,28,34H,2-4,6-8,10H2/t14-,17-,19+,23-/m0/s1. The second-order valence-electron chi connectivity index (χ2n) is 9.90. The number of nitrogens with zero attached hydrogens (tertiary/aromatic N) is 6. The molecule has 3 aromatic rings. The summed E-state index contributed by atoms with van der Waals surface area (Å²) in [6.07, 6.45) is 5.44. The van der Waals surface area contributed by atoms with E-state index in [1.165, 1.54) is 0 Å². The van der Waals surface area contributed by atoms with Crippen molar-refractivity contribution in [3.8, 4) is 40.0 Å². The van der Waals surface area contributed by atoms with Crippen LogP contribution in [0.5, 0.6) is 17.4 Å². The SMILES string of the molecule is Oc1cc(-c2cc3c(nn2)OCCO3)ccc1-c1ncc(N(C2CC2)[C@@H]2C[C@@H]3CC[C@H](N3)[C@@H]2F)nn1. The zero-order chi connectivity index (χ0) is 24.2. The summed E-state index contributed by atoms with van der Waals surface area (Å²) in [4.78, 5) is 6.60. The number of aromatic nitrogens is 5. The molecule has 11 heteroatoms. The Labute approximate surface area is 206 Å². The van der Waals surface area contributed by atoms with Crippen molar-refractivity contribution < 1.29 is 19.0 Å². The molecule has 3 fully saturated rings. The van der Waals surface area contributed by atoms with Crippen LogP contribution in [-0.2, 0) is 0 Å². The Morgan fingerprint density at radius 1 is 1.00 bits per heavy atom. The summed E-state index contributed by atoms with van der Waals surface area (Å²) in [7, 11) is 0. The number of rotatable bonds is 5. The topological polar surface area (TPSA) is 118 Å². The van der Waals surface area contributed by atoms with Gasteiger partial charge in [-0.2, -0.15) is 0 Å². The largest absolute Gasteiger partial charge is 0.507 e. The van der Waals surface area contributed by atoms with Crippen LogP contribution in [0.15, 0.2) is 30.5 Å². The van der Waals surface area contributed by atoms with E-state index in [2.05, 4.69) is 35.6 Å². The lowest BCUT2D eigenvalue weighted by molar-refractivity contribution is 0.162. The molecule has 36 heavy (non-hydrogen) atoms. The zero-order valence-electron chi connectivity index (χ0n) is 19.5. The lowest BCUT2D eigenvalue weighted by Crippen LogP contribution is -2.57. The van der Waals surface area contributed by atoms with E-state index in [1.807, 2.05) is 0 Å². The molecule has 1 aliphatic carbocycles. The van der Waals surface area contributed by atoms with E-state index in [-0.39, 0.29) is 23.9 Å². The second-order valence-corrected chi connectivity index (χ2v) is 9.90.